The van der Waals surface area contributed by atoms with Crippen LogP contribution in [0.25, 0.3) is 0 Å². The summed E-state index contributed by atoms with van der Waals surface area (Å²) in [6.07, 6.45) is 8.23. The number of hydrogen-bond donors (Lipinski definition) is 0. The summed E-state index contributed by atoms with van der Waals surface area (Å²) in [4.78, 5) is 21.0. The number of carbonyl (C=O) groups is 1. The molecule has 1 saturated heterocycles. The number of aromatic nitrogens is 1. The van der Waals surface area contributed by atoms with Crippen molar-refractivity contribution in [2.75, 3.05) is 31.1 Å². The monoisotopic (exact) mass is 345 g/mol. The predicted octanol–water partition coefficient (Wildman–Crippen LogP) is 3.10. The van der Waals surface area contributed by atoms with Crippen molar-refractivity contribution in [3.63, 3.8) is 0 Å². The van der Waals surface area contributed by atoms with Crippen LogP contribution in [-0.2, 0) is 9.53 Å². The van der Waals surface area contributed by atoms with Gasteiger partial charge in [-0.15, -0.1) is 0 Å². The lowest BCUT2D eigenvalue weighted by Crippen LogP contribution is -2.46. The molecule has 0 N–H and O–H groups in total. The van der Waals surface area contributed by atoms with Crippen LogP contribution in [-0.4, -0.2) is 53.7 Å². The Kier molecular flexibility index (Phi) is 5.62. The SMILES string of the molecule is CC(C)(C)N(CC(=O)OCC1CCN(c2ccncc2)CC1)C1CC1. The normalized spacial score (nSPS) is 19.3. The Labute approximate surface area is 151 Å². The number of hydrogen-bond acceptors (Lipinski definition) is 5. The number of rotatable bonds is 6. The van der Waals surface area contributed by atoms with Crippen molar-refractivity contribution in [2.24, 2.45) is 5.92 Å². The lowest BCUT2D eigenvalue weighted by atomic mass is 9.97. The van der Waals surface area contributed by atoms with Crippen LogP contribution in [0, 0.1) is 5.92 Å². The fourth-order valence-electron chi connectivity index (χ4n) is 3.61. The van der Waals surface area contributed by atoms with Crippen LogP contribution < -0.4 is 4.90 Å². The van der Waals surface area contributed by atoms with Crippen molar-refractivity contribution in [1.82, 2.24) is 9.88 Å². The van der Waals surface area contributed by atoms with Crippen LogP contribution in [0.5, 0.6) is 0 Å². The van der Waals surface area contributed by atoms with Gasteiger partial charge in [0.25, 0.3) is 0 Å². The zero-order valence-electron chi connectivity index (χ0n) is 15.8. The summed E-state index contributed by atoms with van der Waals surface area (Å²) in [5.41, 5.74) is 1.26. The fraction of sp³-hybridized carbons (Fsp3) is 0.700. The molecule has 1 aliphatic carbocycles. The molecular weight excluding hydrogens is 314 g/mol. The molecule has 2 heterocycles. The van der Waals surface area contributed by atoms with E-state index in [9.17, 15) is 4.79 Å². The molecule has 0 unspecified atom stereocenters. The van der Waals surface area contributed by atoms with Gasteiger partial charge in [0, 0.05) is 42.8 Å². The number of nitrogens with zero attached hydrogens (tertiary/aromatic N) is 3. The Morgan fingerprint density at radius 3 is 2.40 bits per heavy atom. The Balaban J connectivity index is 1.40. The van der Waals surface area contributed by atoms with Crippen LogP contribution in [0.4, 0.5) is 5.69 Å². The first kappa shape index (κ1) is 18.2. The van der Waals surface area contributed by atoms with Gasteiger partial charge in [-0.1, -0.05) is 0 Å². The zero-order chi connectivity index (χ0) is 17.9. The van der Waals surface area contributed by atoms with Gasteiger partial charge in [-0.25, -0.2) is 0 Å². The first-order valence-electron chi connectivity index (χ1n) is 9.51. The Bertz CT molecular complexity index is 558. The van der Waals surface area contributed by atoms with E-state index in [4.69, 9.17) is 4.74 Å². The summed E-state index contributed by atoms with van der Waals surface area (Å²) < 4.78 is 5.62. The molecule has 0 bridgehead atoms. The summed E-state index contributed by atoms with van der Waals surface area (Å²) in [6, 6.07) is 4.68. The zero-order valence-corrected chi connectivity index (χ0v) is 15.8. The average molecular weight is 345 g/mol. The molecule has 0 radical (unpaired) electrons. The largest absolute Gasteiger partial charge is 0.464 e. The van der Waals surface area contributed by atoms with Crippen LogP contribution in [0.15, 0.2) is 24.5 Å². The van der Waals surface area contributed by atoms with E-state index in [1.165, 1.54) is 18.5 Å². The van der Waals surface area contributed by atoms with Gasteiger partial charge in [-0.05, 0) is 64.5 Å². The molecule has 1 saturated carbocycles. The highest BCUT2D eigenvalue weighted by Gasteiger charge is 2.37. The van der Waals surface area contributed by atoms with E-state index in [1.54, 1.807) is 0 Å². The van der Waals surface area contributed by atoms with Gasteiger partial charge in [0.05, 0.1) is 13.2 Å². The third-order valence-electron chi connectivity index (χ3n) is 5.27. The predicted molar refractivity (Wildman–Crippen MR) is 99.6 cm³/mol. The number of pyridine rings is 1. The molecule has 0 spiro atoms. The molecule has 5 nitrogen and oxygen atoms in total. The molecule has 25 heavy (non-hydrogen) atoms. The van der Waals surface area contributed by atoms with Gasteiger partial charge < -0.3 is 9.64 Å². The summed E-state index contributed by atoms with van der Waals surface area (Å²) in [6.45, 7) is 9.54. The third kappa shape index (κ3) is 5.18. The van der Waals surface area contributed by atoms with E-state index in [2.05, 4.69) is 47.7 Å². The molecule has 3 rings (SSSR count). The van der Waals surface area contributed by atoms with E-state index in [-0.39, 0.29) is 11.5 Å². The van der Waals surface area contributed by atoms with E-state index in [0.717, 1.165) is 25.9 Å². The lowest BCUT2D eigenvalue weighted by Gasteiger charge is -2.35. The smallest absolute Gasteiger partial charge is 0.320 e. The Hall–Kier alpha value is -1.62. The van der Waals surface area contributed by atoms with Gasteiger partial charge in [-0.3, -0.25) is 14.7 Å². The highest BCUT2D eigenvalue weighted by molar-refractivity contribution is 5.71. The van der Waals surface area contributed by atoms with Gasteiger partial charge in [0.15, 0.2) is 0 Å². The molecule has 0 amide bonds. The number of ether oxygens (including phenoxy) is 1. The van der Waals surface area contributed by atoms with Crippen molar-refractivity contribution in [3.05, 3.63) is 24.5 Å². The van der Waals surface area contributed by atoms with Crippen LogP contribution in [0.3, 0.4) is 0 Å². The summed E-state index contributed by atoms with van der Waals surface area (Å²) in [5.74, 6) is 0.407. The minimum absolute atomic E-state index is 0.0239. The second-order valence-electron chi connectivity index (χ2n) is 8.35. The van der Waals surface area contributed by atoms with Crippen molar-refractivity contribution in [2.45, 2.75) is 58.0 Å². The van der Waals surface area contributed by atoms with Crippen LogP contribution in [0.1, 0.15) is 46.5 Å². The Morgan fingerprint density at radius 2 is 1.84 bits per heavy atom. The summed E-state index contributed by atoms with van der Waals surface area (Å²) >= 11 is 0. The first-order valence-corrected chi connectivity index (χ1v) is 9.51. The van der Waals surface area contributed by atoms with E-state index in [1.807, 2.05) is 12.4 Å². The van der Waals surface area contributed by atoms with Crippen molar-refractivity contribution < 1.29 is 9.53 Å². The van der Waals surface area contributed by atoms with Crippen molar-refractivity contribution in [3.8, 4) is 0 Å². The van der Waals surface area contributed by atoms with Crippen molar-refractivity contribution in [1.29, 1.82) is 0 Å². The van der Waals surface area contributed by atoms with Crippen LogP contribution >= 0.6 is 0 Å². The standard InChI is InChI=1S/C20H31N3O2/c1-20(2,3)23(18-4-5-18)14-19(24)25-15-16-8-12-22(13-9-16)17-6-10-21-11-7-17/h6-7,10-11,16,18H,4-5,8-9,12-15H2,1-3H3. The van der Waals surface area contributed by atoms with Gasteiger partial charge in [0.2, 0.25) is 0 Å². The Morgan fingerprint density at radius 1 is 1.20 bits per heavy atom. The topological polar surface area (TPSA) is 45.7 Å². The van der Waals surface area contributed by atoms with Gasteiger partial charge >= 0.3 is 5.97 Å². The maximum atomic E-state index is 12.3. The molecule has 5 heteroatoms. The fourth-order valence-corrected chi connectivity index (χ4v) is 3.61. The molecule has 0 atom stereocenters. The molecule has 138 valence electrons. The average Bonchev–Trinajstić information content (AvgIpc) is 3.43. The van der Waals surface area contributed by atoms with Crippen LogP contribution in [0.2, 0.25) is 0 Å². The highest BCUT2D eigenvalue weighted by atomic mass is 16.5. The highest BCUT2D eigenvalue weighted by Crippen LogP contribution is 2.32. The second-order valence-corrected chi connectivity index (χ2v) is 8.35. The first-order chi connectivity index (χ1) is 11.9. The number of esters is 1. The minimum Gasteiger partial charge on any atom is -0.464 e. The molecule has 1 aromatic rings. The molecule has 2 fully saturated rings. The van der Waals surface area contributed by atoms with E-state index < -0.39 is 0 Å². The van der Waals surface area contributed by atoms with E-state index in [0.29, 0.717) is 25.1 Å². The summed E-state index contributed by atoms with van der Waals surface area (Å²) in [5, 5.41) is 0. The lowest BCUT2D eigenvalue weighted by molar-refractivity contribution is -0.148. The molecular formula is C20H31N3O2. The number of anilines is 1. The number of carbonyl (C=O) groups excluding carboxylic acids is 1. The molecule has 2 aliphatic rings. The maximum Gasteiger partial charge on any atom is 0.320 e. The molecule has 1 aromatic heterocycles. The third-order valence-corrected chi connectivity index (χ3v) is 5.27. The summed E-state index contributed by atoms with van der Waals surface area (Å²) in [7, 11) is 0. The second kappa shape index (κ2) is 7.73. The quantitative estimate of drug-likeness (QED) is 0.741. The van der Waals surface area contributed by atoms with Gasteiger partial charge in [-0.2, -0.15) is 0 Å². The minimum atomic E-state index is -0.0709. The number of piperidine rings is 1. The van der Waals surface area contributed by atoms with E-state index >= 15 is 0 Å². The maximum absolute atomic E-state index is 12.3. The van der Waals surface area contributed by atoms with Crippen molar-refractivity contribution >= 4 is 11.7 Å². The molecule has 1 aliphatic heterocycles. The van der Waals surface area contributed by atoms with Gasteiger partial charge in [0.1, 0.15) is 0 Å². The molecule has 0 aromatic carbocycles.